The molecule has 12 heteroatoms. The standard InChI is InChI=1S/C43H64N4O8/c1-10-14-32(23-46(7)8)44-41(50)29-16-12-15-28(19-29)33-18-13-17-30(40(33)52-9)22-47-39(38(27(4)48)36(55-47)24-53-25-37(49)54-11-2)42(51)45-35-21-31-20-34(26(35)3)43(31,5)6/h12-13,15-19,26-27,31-32,34-36,38-39,48H,10-11,14,20-25H2,1-9H3,(H,44,50)(H,45,51)/t26-,27-,31+,32+,34-,35-,36-,38+,39-/m0/s1. The molecule has 1 saturated heterocycles. The van der Waals surface area contributed by atoms with E-state index in [1.165, 1.54) is 6.42 Å². The van der Waals surface area contributed by atoms with Gasteiger partial charge in [-0.3, -0.25) is 14.4 Å². The highest BCUT2D eigenvalue weighted by atomic mass is 16.7. The topological polar surface area (TPSA) is 139 Å². The lowest BCUT2D eigenvalue weighted by molar-refractivity contribution is -0.188. The monoisotopic (exact) mass is 764 g/mol. The summed E-state index contributed by atoms with van der Waals surface area (Å²) in [6.07, 6.45) is 2.31. The first-order valence-corrected chi connectivity index (χ1v) is 20.1. The fraction of sp³-hybridized carbons (Fsp3) is 0.651. The summed E-state index contributed by atoms with van der Waals surface area (Å²) in [5, 5.41) is 19.4. The van der Waals surface area contributed by atoms with Crippen LogP contribution in [0.15, 0.2) is 42.5 Å². The second-order valence-corrected chi connectivity index (χ2v) is 16.7. The molecule has 6 rings (SSSR count). The lowest BCUT2D eigenvalue weighted by Gasteiger charge is -2.62. The number of rotatable bonds is 18. The first kappa shape index (κ1) is 42.6. The Labute approximate surface area is 327 Å². The maximum absolute atomic E-state index is 14.5. The minimum atomic E-state index is -0.926. The van der Waals surface area contributed by atoms with Crippen LogP contribution >= 0.6 is 0 Å². The number of aliphatic hydroxyl groups excluding tert-OH is 1. The molecule has 4 fully saturated rings. The van der Waals surface area contributed by atoms with Gasteiger partial charge in [-0.2, -0.15) is 5.06 Å². The van der Waals surface area contributed by atoms with Gasteiger partial charge in [-0.05, 0) is 88.1 Å². The zero-order chi connectivity index (χ0) is 40.0. The van der Waals surface area contributed by atoms with E-state index in [2.05, 4.69) is 43.2 Å². The van der Waals surface area contributed by atoms with Crippen molar-refractivity contribution in [1.29, 1.82) is 0 Å². The molecule has 3 aliphatic carbocycles. The van der Waals surface area contributed by atoms with Crippen molar-refractivity contribution >= 4 is 17.8 Å². The summed E-state index contributed by atoms with van der Waals surface area (Å²) < 4.78 is 16.8. The summed E-state index contributed by atoms with van der Waals surface area (Å²) in [7, 11) is 5.61. The number of benzene rings is 2. The second-order valence-electron chi connectivity index (χ2n) is 16.7. The van der Waals surface area contributed by atoms with Crippen LogP contribution in [-0.2, 0) is 30.4 Å². The van der Waals surface area contributed by atoms with Gasteiger partial charge in [0.15, 0.2) is 0 Å². The molecule has 0 radical (unpaired) electrons. The van der Waals surface area contributed by atoms with Gasteiger partial charge in [-0.25, -0.2) is 4.79 Å². The van der Waals surface area contributed by atoms with Crippen LogP contribution in [0.1, 0.15) is 83.1 Å². The van der Waals surface area contributed by atoms with Crippen molar-refractivity contribution in [1.82, 2.24) is 20.6 Å². The Kier molecular flexibility index (Phi) is 14.4. The van der Waals surface area contributed by atoms with E-state index in [0.717, 1.165) is 42.5 Å². The summed E-state index contributed by atoms with van der Waals surface area (Å²) in [4.78, 5) is 48.6. The van der Waals surface area contributed by atoms with Crippen LogP contribution in [0.2, 0.25) is 0 Å². The predicted octanol–water partition coefficient (Wildman–Crippen LogP) is 5.07. The van der Waals surface area contributed by atoms with Gasteiger partial charge in [0.1, 0.15) is 24.5 Å². The summed E-state index contributed by atoms with van der Waals surface area (Å²) >= 11 is 0. The highest BCUT2D eigenvalue weighted by Crippen LogP contribution is 2.61. The van der Waals surface area contributed by atoms with Crippen LogP contribution in [0.5, 0.6) is 5.75 Å². The number of likely N-dealkylation sites (N-methyl/N-ethyl adjacent to an activating group) is 1. The minimum Gasteiger partial charge on any atom is -0.496 e. The van der Waals surface area contributed by atoms with E-state index in [4.69, 9.17) is 19.0 Å². The zero-order valence-electron chi connectivity index (χ0n) is 34.3. The van der Waals surface area contributed by atoms with Gasteiger partial charge in [-0.15, -0.1) is 0 Å². The van der Waals surface area contributed by atoms with Crippen molar-refractivity contribution in [2.24, 2.45) is 29.1 Å². The molecule has 1 heterocycles. The van der Waals surface area contributed by atoms with E-state index < -0.39 is 30.1 Å². The van der Waals surface area contributed by atoms with Gasteiger partial charge < -0.3 is 34.9 Å². The second kappa shape index (κ2) is 18.6. The molecule has 0 spiro atoms. The number of amides is 2. The normalized spacial score (nSPS) is 26.9. The number of hydrogen-bond acceptors (Lipinski definition) is 10. The first-order valence-electron chi connectivity index (χ1n) is 20.1. The van der Waals surface area contributed by atoms with Crippen molar-refractivity contribution < 1.29 is 38.5 Å². The first-order chi connectivity index (χ1) is 26.2. The number of para-hydroxylation sites is 1. The summed E-state index contributed by atoms with van der Waals surface area (Å²) in [6, 6.07) is 12.5. The maximum atomic E-state index is 14.5. The number of hydrogen-bond donors (Lipinski definition) is 3. The molecule has 2 aromatic carbocycles. The van der Waals surface area contributed by atoms with Crippen molar-refractivity contribution in [3.8, 4) is 16.9 Å². The van der Waals surface area contributed by atoms with E-state index in [-0.39, 0.29) is 55.7 Å². The quantitative estimate of drug-likeness (QED) is 0.177. The Hall–Kier alpha value is -3.55. The van der Waals surface area contributed by atoms with E-state index in [1.54, 1.807) is 26.0 Å². The largest absolute Gasteiger partial charge is 0.496 e. The lowest BCUT2D eigenvalue weighted by Crippen LogP contribution is -2.62. The third-order valence-electron chi connectivity index (χ3n) is 12.3. The van der Waals surface area contributed by atoms with E-state index in [0.29, 0.717) is 29.1 Å². The van der Waals surface area contributed by atoms with E-state index in [9.17, 15) is 19.5 Å². The number of nitrogens with one attached hydrogen (secondary N) is 2. The fourth-order valence-electron chi connectivity index (χ4n) is 9.37. The number of methoxy groups -OCH3 is 1. The molecule has 0 unspecified atom stereocenters. The molecule has 2 aromatic rings. The molecule has 3 N–H and O–H groups in total. The smallest absolute Gasteiger partial charge is 0.332 e. The van der Waals surface area contributed by atoms with Crippen LogP contribution in [0.3, 0.4) is 0 Å². The molecular weight excluding hydrogens is 700 g/mol. The third-order valence-corrected chi connectivity index (χ3v) is 12.3. The molecule has 55 heavy (non-hydrogen) atoms. The van der Waals surface area contributed by atoms with Gasteiger partial charge in [0.25, 0.3) is 5.91 Å². The van der Waals surface area contributed by atoms with Crippen LogP contribution in [-0.4, -0.2) is 111 Å². The van der Waals surface area contributed by atoms with Gasteiger partial charge in [0, 0.05) is 41.2 Å². The Balaban J connectivity index is 1.41. The Bertz CT molecular complexity index is 1630. The average Bonchev–Trinajstić information content (AvgIpc) is 3.50. The summed E-state index contributed by atoms with van der Waals surface area (Å²) in [5.74, 6) is 0.498. The highest BCUT2D eigenvalue weighted by molar-refractivity contribution is 5.96. The number of carbonyl (C=O) groups is 3. The number of nitrogens with zero attached hydrogens (tertiary/aromatic N) is 2. The molecule has 4 aliphatic rings. The zero-order valence-corrected chi connectivity index (χ0v) is 34.3. The number of aliphatic hydroxyl groups is 1. The third kappa shape index (κ3) is 9.71. The van der Waals surface area contributed by atoms with Crippen LogP contribution in [0.4, 0.5) is 0 Å². The molecule has 9 atom stereocenters. The molecule has 2 amide bonds. The lowest BCUT2D eigenvalue weighted by atomic mass is 9.45. The van der Waals surface area contributed by atoms with Crippen LogP contribution in [0.25, 0.3) is 11.1 Å². The molecule has 304 valence electrons. The number of fused-ring (bicyclic) bond motifs is 2. The van der Waals surface area contributed by atoms with Crippen LogP contribution < -0.4 is 15.4 Å². The van der Waals surface area contributed by atoms with Gasteiger partial charge >= 0.3 is 5.97 Å². The van der Waals surface area contributed by atoms with E-state index in [1.807, 2.05) is 56.6 Å². The average molecular weight is 765 g/mol. The molecule has 12 nitrogen and oxygen atoms in total. The molecular formula is C43H64N4O8. The molecule has 3 saturated carbocycles. The summed E-state index contributed by atoms with van der Waals surface area (Å²) in [5.41, 5.74) is 3.16. The maximum Gasteiger partial charge on any atom is 0.332 e. The van der Waals surface area contributed by atoms with E-state index >= 15 is 0 Å². The summed E-state index contributed by atoms with van der Waals surface area (Å²) in [6.45, 7) is 13.3. The van der Waals surface area contributed by atoms with Crippen molar-refractivity contribution in [2.75, 3.05) is 47.6 Å². The predicted molar refractivity (Wildman–Crippen MR) is 211 cm³/mol. The Morgan fingerprint density at radius 2 is 1.85 bits per heavy atom. The molecule has 0 aromatic heterocycles. The highest BCUT2D eigenvalue weighted by Gasteiger charge is 2.57. The van der Waals surface area contributed by atoms with Crippen molar-refractivity contribution in [3.05, 3.63) is 53.6 Å². The number of carbonyl (C=O) groups excluding carboxylic acids is 3. The van der Waals surface area contributed by atoms with Crippen molar-refractivity contribution in [2.45, 2.75) is 104 Å². The van der Waals surface area contributed by atoms with Gasteiger partial charge in [-0.1, -0.05) is 64.4 Å². The SMILES string of the molecule is CCC[C@H](CN(C)C)NC(=O)c1cccc(-c2cccc(CN3O[C@@H](COCC(=O)OCC)[C@@H]([C@H](C)O)[C@H]3C(=O)N[C@H]3C[C@H]4C[C@@H]([C@@H]3C)C4(C)C)c2OC)c1. The molecule has 2 bridgehead atoms. The number of hydroxylamine groups is 2. The minimum absolute atomic E-state index is 0.0161. The Morgan fingerprint density at radius 1 is 1.11 bits per heavy atom. The number of esters is 1. The molecule has 1 aliphatic heterocycles. The fourth-order valence-corrected chi connectivity index (χ4v) is 9.37. The Morgan fingerprint density at radius 3 is 2.49 bits per heavy atom. The van der Waals surface area contributed by atoms with Crippen LogP contribution in [0, 0.1) is 29.1 Å². The van der Waals surface area contributed by atoms with Gasteiger partial charge in [0.05, 0.1) is 33.0 Å². The van der Waals surface area contributed by atoms with Gasteiger partial charge in [0.2, 0.25) is 5.91 Å². The number of ether oxygens (including phenoxy) is 3. The van der Waals surface area contributed by atoms with Crippen molar-refractivity contribution in [3.63, 3.8) is 0 Å².